The smallest absolute Gasteiger partial charge is 0.314 e. The molecule has 0 aliphatic heterocycles. The monoisotopic (exact) mass is 328 g/mol. The van der Waals surface area contributed by atoms with Crippen molar-refractivity contribution in [3.05, 3.63) is 21.7 Å². The largest absolute Gasteiger partial charge is 0.504 e. The highest BCUT2D eigenvalue weighted by molar-refractivity contribution is 9.10. The average Bonchev–Trinajstić information content (AvgIpc) is 2.84. The molecule has 5 heteroatoms. The first-order chi connectivity index (χ1) is 8.94. The van der Waals surface area contributed by atoms with E-state index in [1.807, 2.05) is 6.92 Å². The van der Waals surface area contributed by atoms with Crippen LogP contribution in [0.1, 0.15) is 36.8 Å². The minimum Gasteiger partial charge on any atom is -0.504 e. The summed E-state index contributed by atoms with van der Waals surface area (Å²) in [4.78, 5) is 11.8. The number of carboxylic acid groups (broad SMARTS) is 1. The second-order valence-electron chi connectivity index (χ2n) is 5.00. The summed E-state index contributed by atoms with van der Waals surface area (Å²) < 4.78 is 5.89. The van der Waals surface area contributed by atoms with Gasteiger partial charge in [-0.25, -0.2) is 0 Å². The van der Waals surface area contributed by atoms with Crippen LogP contribution in [0.4, 0.5) is 0 Å². The van der Waals surface area contributed by atoms with Crippen molar-refractivity contribution < 1.29 is 19.7 Å². The number of phenols is 1. The first-order valence-corrected chi connectivity index (χ1v) is 7.03. The molecule has 1 aliphatic carbocycles. The molecule has 0 unspecified atom stereocenters. The lowest BCUT2D eigenvalue weighted by atomic mass is 9.76. The van der Waals surface area contributed by atoms with Gasteiger partial charge in [-0.05, 0) is 31.4 Å². The first kappa shape index (κ1) is 14.2. The Morgan fingerprint density at radius 2 is 2.00 bits per heavy atom. The first-order valence-electron chi connectivity index (χ1n) is 6.24. The molecule has 0 bridgehead atoms. The normalized spacial score (nSPS) is 17.4. The van der Waals surface area contributed by atoms with Gasteiger partial charge in [-0.1, -0.05) is 28.8 Å². The van der Waals surface area contributed by atoms with Gasteiger partial charge in [-0.15, -0.1) is 0 Å². The van der Waals surface area contributed by atoms with Crippen molar-refractivity contribution in [1.82, 2.24) is 0 Å². The zero-order chi connectivity index (χ0) is 14.2. The minimum absolute atomic E-state index is 0.0486. The van der Waals surface area contributed by atoms with Gasteiger partial charge in [0.25, 0.3) is 0 Å². The summed E-state index contributed by atoms with van der Waals surface area (Å²) in [7, 11) is 1.46. The van der Waals surface area contributed by atoms with Crippen LogP contribution in [0.2, 0.25) is 0 Å². The fraction of sp³-hybridized carbons (Fsp3) is 0.500. The second kappa shape index (κ2) is 5.04. The van der Waals surface area contributed by atoms with Crippen molar-refractivity contribution in [2.45, 2.75) is 38.0 Å². The second-order valence-corrected chi connectivity index (χ2v) is 5.86. The summed E-state index contributed by atoms with van der Waals surface area (Å²) >= 11 is 3.41. The van der Waals surface area contributed by atoms with Crippen LogP contribution in [0.25, 0.3) is 0 Å². The van der Waals surface area contributed by atoms with Crippen LogP contribution < -0.4 is 4.74 Å². The molecular formula is C14H17BrO4. The van der Waals surface area contributed by atoms with Gasteiger partial charge in [0.05, 0.1) is 12.5 Å². The highest BCUT2D eigenvalue weighted by Crippen LogP contribution is 2.50. The molecule has 0 saturated heterocycles. The van der Waals surface area contributed by atoms with E-state index in [1.165, 1.54) is 7.11 Å². The molecule has 0 amide bonds. The maximum absolute atomic E-state index is 11.8. The van der Waals surface area contributed by atoms with E-state index in [0.29, 0.717) is 24.2 Å². The van der Waals surface area contributed by atoms with E-state index in [2.05, 4.69) is 15.9 Å². The molecule has 0 atom stereocenters. The Kier molecular flexibility index (Phi) is 3.76. The Morgan fingerprint density at radius 3 is 2.47 bits per heavy atom. The third-order valence-electron chi connectivity index (χ3n) is 4.03. The summed E-state index contributed by atoms with van der Waals surface area (Å²) in [6.07, 6.45) is 2.83. The van der Waals surface area contributed by atoms with E-state index >= 15 is 0 Å². The van der Waals surface area contributed by atoms with Crippen molar-refractivity contribution in [2.24, 2.45) is 0 Å². The zero-order valence-corrected chi connectivity index (χ0v) is 12.6. The number of methoxy groups -OCH3 is 1. The van der Waals surface area contributed by atoms with Crippen molar-refractivity contribution in [3.63, 3.8) is 0 Å². The number of benzene rings is 1. The van der Waals surface area contributed by atoms with E-state index in [9.17, 15) is 15.0 Å². The van der Waals surface area contributed by atoms with Crippen LogP contribution in [-0.2, 0) is 10.2 Å². The van der Waals surface area contributed by atoms with Crippen LogP contribution in [0, 0.1) is 6.92 Å². The number of aromatic hydroxyl groups is 1. The van der Waals surface area contributed by atoms with Crippen LogP contribution in [0.15, 0.2) is 10.5 Å². The standard InChI is InChI=1S/C14H17BrO4/c1-8-9(15)7-10(19-2)12(16)11(8)14(13(17)18)5-3-4-6-14/h7,16H,3-6H2,1-2H3,(H,17,18). The van der Waals surface area contributed by atoms with E-state index in [0.717, 1.165) is 22.9 Å². The number of hydrogen-bond acceptors (Lipinski definition) is 3. The number of hydrogen-bond donors (Lipinski definition) is 2. The Hall–Kier alpha value is -1.23. The zero-order valence-electron chi connectivity index (χ0n) is 11.0. The Labute approximate surface area is 120 Å². The molecule has 104 valence electrons. The van der Waals surface area contributed by atoms with Gasteiger partial charge in [0, 0.05) is 10.0 Å². The highest BCUT2D eigenvalue weighted by atomic mass is 79.9. The van der Waals surface area contributed by atoms with Gasteiger partial charge in [0.1, 0.15) is 0 Å². The van der Waals surface area contributed by atoms with Gasteiger partial charge in [0.2, 0.25) is 0 Å². The number of carboxylic acids is 1. The number of rotatable bonds is 3. The topological polar surface area (TPSA) is 66.8 Å². The Morgan fingerprint density at radius 1 is 1.42 bits per heavy atom. The van der Waals surface area contributed by atoms with Crippen LogP contribution in [0.3, 0.4) is 0 Å². The molecule has 1 fully saturated rings. The Bertz CT molecular complexity index is 519. The molecule has 2 rings (SSSR count). The number of phenolic OH excluding ortho intramolecular Hbond substituents is 1. The predicted molar refractivity (Wildman–Crippen MR) is 74.9 cm³/mol. The molecule has 0 radical (unpaired) electrons. The molecule has 0 heterocycles. The van der Waals surface area contributed by atoms with Crippen molar-refractivity contribution in [3.8, 4) is 11.5 Å². The molecule has 0 aromatic heterocycles. The molecule has 1 aliphatic rings. The summed E-state index contributed by atoms with van der Waals surface area (Å²) in [5.74, 6) is -0.615. The molecule has 4 nitrogen and oxygen atoms in total. The molecule has 2 N–H and O–H groups in total. The summed E-state index contributed by atoms with van der Waals surface area (Å²) in [6, 6.07) is 1.67. The average molecular weight is 329 g/mol. The van der Waals surface area contributed by atoms with Crippen molar-refractivity contribution >= 4 is 21.9 Å². The highest BCUT2D eigenvalue weighted by Gasteiger charge is 2.46. The van der Waals surface area contributed by atoms with E-state index in [1.54, 1.807) is 6.07 Å². The van der Waals surface area contributed by atoms with Gasteiger partial charge >= 0.3 is 5.97 Å². The Balaban J connectivity index is 2.73. The quantitative estimate of drug-likeness (QED) is 0.892. The van der Waals surface area contributed by atoms with Crippen molar-refractivity contribution in [1.29, 1.82) is 0 Å². The molecule has 0 spiro atoms. The molecule has 1 aromatic rings. The molecular weight excluding hydrogens is 312 g/mol. The fourth-order valence-corrected chi connectivity index (χ4v) is 3.41. The van der Waals surface area contributed by atoms with Crippen LogP contribution in [-0.4, -0.2) is 23.3 Å². The maximum atomic E-state index is 11.8. The number of halogens is 1. The fourth-order valence-electron chi connectivity index (χ4n) is 3.00. The predicted octanol–water partition coefficient (Wildman–Crippen LogP) is 3.37. The lowest BCUT2D eigenvalue weighted by Crippen LogP contribution is -2.33. The van der Waals surface area contributed by atoms with Crippen molar-refractivity contribution in [2.75, 3.05) is 7.11 Å². The summed E-state index contributed by atoms with van der Waals surface area (Å²) in [6.45, 7) is 1.82. The third kappa shape index (κ3) is 2.10. The van der Waals surface area contributed by atoms with Gasteiger partial charge in [-0.3, -0.25) is 4.79 Å². The summed E-state index contributed by atoms with van der Waals surface area (Å²) in [5.41, 5.74) is 0.261. The number of ether oxygens (including phenoxy) is 1. The lowest BCUT2D eigenvalue weighted by molar-refractivity contribution is -0.143. The van der Waals surface area contributed by atoms with Gasteiger partial charge < -0.3 is 14.9 Å². The molecule has 1 aromatic carbocycles. The van der Waals surface area contributed by atoms with Gasteiger partial charge in [-0.2, -0.15) is 0 Å². The third-order valence-corrected chi connectivity index (χ3v) is 4.85. The van der Waals surface area contributed by atoms with E-state index < -0.39 is 11.4 Å². The lowest BCUT2D eigenvalue weighted by Gasteiger charge is -2.28. The van der Waals surface area contributed by atoms with E-state index in [4.69, 9.17) is 4.74 Å². The summed E-state index contributed by atoms with van der Waals surface area (Å²) in [5, 5.41) is 20.0. The van der Waals surface area contributed by atoms with Gasteiger partial charge in [0.15, 0.2) is 11.5 Å². The number of aliphatic carboxylic acids is 1. The molecule has 19 heavy (non-hydrogen) atoms. The molecule has 1 saturated carbocycles. The SMILES string of the molecule is COc1cc(Br)c(C)c(C2(C(=O)O)CCCC2)c1O. The van der Waals surface area contributed by atoms with Crippen LogP contribution >= 0.6 is 15.9 Å². The minimum atomic E-state index is -0.995. The maximum Gasteiger partial charge on any atom is 0.314 e. The van der Waals surface area contributed by atoms with Crippen LogP contribution in [0.5, 0.6) is 11.5 Å². The number of carbonyl (C=O) groups is 1. The van der Waals surface area contributed by atoms with E-state index in [-0.39, 0.29) is 5.75 Å².